The van der Waals surface area contributed by atoms with E-state index in [-0.39, 0.29) is 17.7 Å². The number of benzene rings is 2. The molecule has 0 aliphatic carbocycles. The first-order chi connectivity index (χ1) is 15.9. The zero-order chi connectivity index (χ0) is 23.4. The largest absolute Gasteiger partial charge is 0.338 e. The van der Waals surface area contributed by atoms with Gasteiger partial charge in [0.05, 0.1) is 5.41 Å². The minimum absolute atomic E-state index is 0.0434. The number of nitrogens with zero attached hydrogens (tertiary/aromatic N) is 3. The van der Waals surface area contributed by atoms with Gasteiger partial charge in [0.15, 0.2) is 0 Å². The van der Waals surface area contributed by atoms with Crippen molar-refractivity contribution < 1.29 is 14.4 Å². The molecule has 2 aliphatic rings. The van der Waals surface area contributed by atoms with Crippen molar-refractivity contribution in [3.63, 3.8) is 0 Å². The molecule has 2 aliphatic heterocycles. The summed E-state index contributed by atoms with van der Waals surface area (Å²) in [5.74, 6) is 0.0689. The molecule has 0 aromatic heterocycles. The van der Waals surface area contributed by atoms with E-state index in [4.69, 9.17) is 0 Å². The summed E-state index contributed by atoms with van der Waals surface area (Å²) in [6.45, 7) is 6.45. The molecule has 0 bridgehead atoms. The SMILES string of the molecule is CC(C)(C(=O)N1CCN(C(=O)C(c2ccccc2)N2CCCCC2=O)CC1)c1ccccc1. The van der Waals surface area contributed by atoms with E-state index in [2.05, 4.69) is 0 Å². The molecule has 2 saturated heterocycles. The van der Waals surface area contributed by atoms with Gasteiger partial charge >= 0.3 is 0 Å². The van der Waals surface area contributed by atoms with Gasteiger partial charge in [-0.05, 0) is 37.8 Å². The molecule has 0 N–H and O–H groups in total. The Bertz CT molecular complexity index is 982. The van der Waals surface area contributed by atoms with Gasteiger partial charge in [-0.2, -0.15) is 0 Å². The monoisotopic (exact) mass is 447 g/mol. The van der Waals surface area contributed by atoms with Crippen LogP contribution in [0.25, 0.3) is 0 Å². The van der Waals surface area contributed by atoms with E-state index in [1.807, 2.05) is 84.3 Å². The number of hydrogen-bond acceptors (Lipinski definition) is 3. The summed E-state index contributed by atoms with van der Waals surface area (Å²) in [5.41, 5.74) is 1.21. The number of amides is 3. The number of likely N-dealkylation sites (tertiary alicyclic amines) is 1. The molecule has 1 atom stereocenters. The van der Waals surface area contributed by atoms with Crippen molar-refractivity contribution in [1.29, 1.82) is 0 Å². The molecule has 2 aromatic carbocycles. The van der Waals surface area contributed by atoms with E-state index in [9.17, 15) is 14.4 Å². The highest BCUT2D eigenvalue weighted by Gasteiger charge is 2.39. The summed E-state index contributed by atoms with van der Waals surface area (Å²) in [5, 5.41) is 0. The summed E-state index contributed by atoms with van der Waals surface area (Å²) >= 11 is 0. The minimum Gasteiger partial charge on any atom is -0.338 e. The van der Waals surface area contributed by atoms with Crippen LogP contribution in [0.5, 0.6) is 0 Å². The van der Waals surface area contributed by atoms with Crippen LogP contribution >= 0.6 is 0 Å². The van der Waals surface area contributed by atoms with E-state index >= 15 is 0 Å². The predicted octanol–water partition coefficient (Wildman–Crippen LogP) is 3.39. The van der Waals surface area contributed by atoms with Gasteiger partial charge in [0.2, 0.25) is 17.7 Å². The first-order valence-electron chi connectivity index (χ1n) is 11.9. The highest BCUT2D eigenvalue weighted by atomic mass is 16.2. The Morgan fingerprint density at radius 2 is 1.36 bits per heavy atom. The van der Waals surface area contributed by atoms with Crippen molar-refractivity contribution in [2.24, 2.45) is 0 Å². The van der Waals surface area contributed by atoms with Crippen LogP contribution in [0.3, 0.4) is 0 Å². The van der Waals surface area contributed by atoms with Gasteiger partial charge in [0, 0.05) is 39.1 Å². The van der Waals surface area contributed by atoms with Gasteiger partial charge in [-0.25, -0.2) is 0 Å². The van der Waals surface area contributed by atoms with Crippen LogP contribution in [0.1, 0.15) is 50.3 Å². The Kier molecular flexibility index (Phi) is 6.82. The molecule has 0 saturated carbocycles. The van der Waals surface area contributed by atoms with Crippen molar-refractivity contribution >= 4 is 17.7 Å². The van der Waals surface area contributed by atoms with Gasteiger partial charge in [0.1, 0.15) is 6.04 Å². The summed E-state index contributed by atoms with van der Waals surface area (Å²) in [7, 11) is 0. The molecule has 174 valence electrons. The minimum atomic E-state index is -0.625. The summed E-state index contributed by atoms with van der Waals surface area (Å²) in [6, 6.07) is 18.8. The lowest BCUT2D eigenvalue weighted by atomic mass is 9.83. The molecule has 2 fully saturated rings. The number of hydrogen-bond donors (Lipinski definition) is 0. The first kappa shape index (κ1) is 23.0. The van der Waals surface area contributed by atoms with Crippen molar-refractivity contribution in [3.8, 4) is 0 Å². The lowest BCUT2D eigenvalue weighted by Crippen LogP contribution is -2.56. The molecule has 0 radical (unpaired) electrons. The lowest BCUT2D eigenvalue weighted by molar-refractivity contribution is -0.150. The third kappa shape index (κ3) is 4.80. The number of rotatable bonds is 5. The number of carbonyl (C=O) groups is 3. The van der Waals surface area contributed by atoms with E-state index in [1.165, 1.54) is 0 Å². The molecular formula is C27H33N3O3. The first-order valence-corrected chi connectivity index (χ1v) is 11.9. The maximum Gasteiger partial charge on any atom is 0.250 e. The average Bonchev–Trinajstić information content (AvgIpc) is 2.86. The van der Waals surface area contributed by atoms with Crippen LogP contribution in [0.15, 0.2) is 60.7 Å². The Morgan fingerprint density at radius 3 is 1.97 bits per heavy atom. The zero-order valence-electron chi connectivity index (χ0n) is 19.6. The Balaban J connectivity index is 1.47. The fraction of sp³-hybridized carbons (Fsp3) is 0.444. The van der Waals surface area contributed by atoms with Crippen LogP contribution in [0, 0.1) is 0 Å². The fourth-order valence-electron chi connectivity index (χ4n) is 4.87. The van der Waals surface area contributed by atoms with Crippen LogP contribution in [0.4, 0.5) is 0 Å². The Labute approximate surface area is 196 Å². The van der Waals surface area contributed by atoms with Gasteiger partial charge < -0.3 is 14.7 Å². The van der Waals surface area contributed by atoms with Crippen LogP contribution < -0.4 is 0 Å². The zero-order valence-corrected chi connectivity index (χ0v) is 19.6. The number of carbonyl (C=O) groups excluding carboxylic acids is 3. The van der Waals surface area contributed by atoms with Crippen molar-refractivity contribution in [1.82, 2.24) is 14.7 Å². The van der Waals surface area contributed by atoms with E-state index in [0.29, 0.717) is 39.1 Å². The van der Waals surface area contributed by atoms with E-state index < -0.39 is 11.5 Å². The topological polar surface area (TPSA) is 60.9 Å². The third-order valence-electron chi connectivity index (χ3n) is 6.93. The normalized spacial score (nSPS) is 18.2. The molecule has 1 unspecified atom stereocenters. The van der Waals surface area contributed by atoms with Gasteiger partial charge in [-0.3, -0.25) is 14.4 Å². The second-order valence-electron chi connectivity index (χ2n) is 9.47. The molecule has 3 amide bonds. The Hall–Kier alpha value is -3.15. The summed E-state index contributed by atoms with van der Waals surface area (Å²) < 4.78 is 0. The summed E-state index contributed by atoms with van der Waals surface area (Å²) in [6.07, 6.45) is 2.29. The quantitative estimate of drug-likeness (QED) is 0.706. The second-order valence-corrected chi connectivity index (χ2v) is 9.47. The van der Waals surface area contributed by atoms with Gasteiger partial charge in [-0.15, -0.1) is 0 Å². The summed E-state index contributed by atoms with van der Waals surface area (Å²) in [4.78, 5) is 45.1. The van der Waals surface area contributed by atoms with Crippen LogP contribution in [0.2, 0.25) is 0 Å². The maximum absolute atomic E-state index is 13.7. The Morgan fingerprint density at radius 1 is 0.788 bits per heavy atom. The lowest BCUT2D eigenvalue weighted by Gasteiger charge is -2.42. The standard InChI is InChI=1S/C27H33N3O3/c1-27(2,22-13-7-4-8-14-22)26(33)29-19-17-28(18-20-29)25(32)24(21-11-5-3-6-12-21)30-16-10-9-15-23(30)31/h3-8,11-14,24H,9-10,15-20H2,1-2H3. The molecule has 6 nitrogen and oxygen atoms in total. The van der Waals surface area contributed by atoms with Crippen molar-refractivity contribution in [2.45, 2.75) is 44.6 Å². The van der Waals surface area contributed by atoms with E-state index in [0.717, 1.165) is 24.0 Å². The molecule has 2 heterocycles. The number of piperidine rings is 1. The average molecular weight is 448 g/mol. The van der Waals surface area contributed by atoms with E-state index in [1.54, 1.807) is 4.90 Å². The highest BCUT2D eigenvalue weighted by Crippen LogP contribution is 2.29. The fourth-order valence-corrected chi connectivity index (χ4v) is 4.87. The molecule has 33 heavy (non-hydrogen) atoms. The molecule has 0 spiro atoms. The van der Waals surface area contributed by atoms with Crippen LogP contribution in [-0.4, -0.2) is 65.1 Å². The van der Waals surface area contributed by atoms with Gasteiger partial charge in [0.25, 0.3) is 0 Å². The smallest absolute Gasteiger partial charge is 0.250 e. The molecule has 6 heteroatoms. The third-order valence-corrected chi connectivity index (χ3v) is 6.93. The molecule has 4 rings (SSSR count). The van der Waals surface area contributed by atoms with Crippen molar-refractivity contribution in [3.05, 3.63) is 71.8 Å². The molecule has 2 aromatic rings. The molecular weight excluding hydrogens is 414 g/mol. The van der Waals surface area contributed by atoms with Crippen molar-refractivity contribution in [2.75, 3.05) is 32.7 Å². The number of piperazine rings is 1. The van der Waals surface area contributed by atoms with Crippen LogP contribution in [-0.2, 0) is 19.8 Å². The van der Waals surface area contributed by atoms with Gasteiger partial charge in [-0.1, -0.05) is 60.7 Å². The predicted molar refractivity (Wildman–Crippen MR) is 127 cm³/mol. The maximum atomic E-state index is 13.7. The highest BCUT2D eigenvalue weighted by molar-refractivity contribution is 5.90. The second kappa shape index (κ2) is 9.77.